The number of para-hydroxylation sites is 1. The Kier molecular flexibility index (Phi) is 7.53. The molecule has 0 bridgehead atoms. The number of unbranched alkanes of at least 4 members (excludes halogenated alkanes) is 2. The lowest BCUT2D eigenvalue weighted by Gasteiger charge is -2.12. The van der Waals surface area contributed by atoms with E-state index in [1.165, 1.54) is 5.56 Å². The molecule has 0 aliphatic carbocycles. The van der Waals surface area contributed by atoms with Gasteiger partial charge in [-0.2, -0.15) is 0 Å². The van der Waals surface area contributed by atoms with Crippen LogP contribution in [0.3, 0.4) is 0 Å². The van der Waals surface area contributed by atoms with Gasteiger partial charge < -0.3 is 9.30 Å². The number of nitrogens with zero attached hydrogens (tertiary/aromatic N) is 1. The van der Waals surface area contributed by atoms with Crippen molar-refractivity contribution in [2.75, 3.05) is 0 Å². The summed E-state index contributed by atoms with van der Waals surface area (Å²) >= 11 is 0. The third-order valence-corrected chi connectivity index (χ3v) is 5.05. The number of aromatic nitrogens is 1. The maximum Gasteiger partial charge on any atom is 0.311 e. The van der Waals surface area contributed by atoms with Gasteiger partial charge in [0.1, 0.15) is 0 Å². The molecule has 3 heteroatoms. The average molecular weight is 388 g/mol. The molecule has 1 unspecified atom stereocenters. The van der Waals surface area contributed by atoms with Gasteiger partial charge in [0, 0.05) is 23.6 Å². The van der Waals surface area contributed by atoms with Crippen molar-refractivity contribution < 1.29 is 9.53 Å². The minimum Gasteiger partial charge on any atom is -0.449 e. The Bertz CT molecular complexity index is 992. The summed E-state index contributed by atoms with van der Waals surface area (Å²) in [6.45, 7) is 4.73. The fourth-order valence-corrected chi connectivity index (χ4v) is 3.63. The number of fused-ring (bicyclic) bond motifs is 1. The van der Waals surface area contributed by atoms with Gasteiger partial charge in [-0.3, -0.25) is 4.79 Å². The number of carbonyl (C=O) groups excluding carboxylic acids is 1. The molecule has 0 radical (unpaired) electrons. The van der Waals surface area contributed by atoms with E-state index in [-0.39, 0.29) is 18.5 Å². The Morgan fingerprint density at radius 1 is 1.07 bits per heavy atom. The molecule has 0 amide bonds. The van der Waals surface area contributed by atoms with Gasteiger partial charge in [0.05, 0.1) is 6.42 Å². The van der Waals surface area contributed by atoms with Crippen LogP contribution in [0.2, 0.25) is 0 Å². The van der Waals surface area contributed by atoms with Crippen molar-refractivity contribution in [3.63, 3.8) is 0 Å². The summed E-state index contributed by atoms with van der Waals surface area (Å²) in [4.78, 5) is 12.6. The Balaban J connectivity index is 1.75. The Labute approximate surface area is 173 Å². The molecule has 29 heavy (non-hydrogen) atoms. The van der Waals surface area contributed by atoms with Crippen molar-refractivity contribution in [3.05, 3.63) is 71.9 Å². The van der Waals surface area contributed by atoms with E-state index in [1.807, 2.05) is 30.3 Å². The first kappa shape index (κ1) is 20.7. The molecule has 0 saturated heterocycles. The molecule has 3 rings (SSSR count). The Morgan fingerprint density at radius 3 is 2.59 bits per heavy atom. The van der Waals surface area contributed by atoms with Crippen LogP contribution in [0.4, 0.5) is 0 Å². The van der Waals surface area contributed by atoms with Gasteiger partial charge in [-0.15, -0.1) is 5.92 Å². The van der Waals surface area contributed by atoms with Crippen molar-refractivity contribution in [1.82, 2.24) is 4.57 Å². The van der Waals surface area contributed by atoms with Crippen molar-refractivity contribution in [3.8, 4) is 11.8 Å². The van der Waals surface area contributed by atoms with Gasteiger partial charge >= 0.3 is 5.97 Å². The van der Waals surface area contributed by atoms with Gasteiger partial charge in [-0.1, -0.05) is 74.2 Å². The van der Waals surface area contributed by atoms with Crippen LogP contribution in [0, 0.1) is 11.8 Å². The van der Waals surface area contributed by atoms with Crippen LogP contribution in [-0.4, -0.2) is 16.6 Å². The van der Waals surface area contributed by atoms with Crippen LogP contribution in [0.1, 0.15) is 50.7 Å². The highest BCUT2D eigenvalue weighted by molar-refractivity contribution is 5.88. The minimum atomic E-state index is -0.309. The van der Waals surface area contributed by atoms with E-state index in [2.05, 4.69) is 53.8 Å². The second-order valence-electron chi connectivity index (χ2n) is 7.33. The molecule has 0 spiro atoms. The summed E-state index contributed by atoms with van der Waals surface area (Å²) in [5.74, 6) is 5.72. The quantitative estimate of drug-likeness (QED) is 0.266. The number of hydrogen-bond donors (Lipinski definition) is 0. The molecule has 0 aliphatic heterocycles. The normalized spacial score (nSPS) is 11.7. The second kappa shape index (κ2) is 10.5. The number of carbonyl (C=O) groups is 1. The van der Waals surface area contributed by atoms with Crippen LogP contribution >= 0.6 is 0 Å². The fourth-order valence-electron chi connectivity index (χ4n) is 3.63. The van der Waals surface area contributed by atoms with Gasteiger partial charge in [-0.25, -0.2) is 0 Å². The van der Waals surface area contributed by atoms with E-state index in [0.717, 1.165) is 48.7 Å². The standard InChI is InChI=1S/C26H29NO2/c1-3-5-7-15-23(12-4-2)29-26(28)18-22-20-27(19-21-13-8-6-9-14-21)25-17-11-10-16-24(22)25/h6,8-11,13-14,16-17,20,23H,3,5,7,15,18-19H2,1-2H3. The molecule has 0 aliphatic rings. The average Bonchev–Trinajstić information content (AvgIpc) is 3.06. The van der Waals surface area contributed by atoms with E-state index in [0.29, 0.717) is 0 Å². The smallest absolute Gasteiger partial charge is 0.311 e. The summed E-state index contributed by atoms with van der Waals surface area (Å²) in [5.41, 5.74) is 3.36. The molecule has 1 aromatic heterocycles. The molecule has 3 nitrogen and oxygen atoms in total. The Morgan fingerprint density at radius 2 is 1.83 bits per heavy atom. The molecular formula is C26H29NO2. The third-order valence-electron chi connectivity index (χ3n) is 5.05. The summed E-state index contributed by atoms with van der Waals surface area (Å²) in [6, 6.07) is 18.6. The van der Waals surface area contributed by atoms with Crippen LogP contribution in [0.25, 0.3) is 10.9 Å². The molecule has 1 atom stereocenters. The van der Waals surface area contributed by atoms with Crippen LogP contribution in [0.5, 0.6) is 0 Å². The van der Waals surface area contributed by atoms with E-state index in [4.69, 9.17) is 4.74 Å². The molecule has 2 aromatic carbocycles. The van der Waals surface area contributed by atoms with E-state index in [9.17, 15) is 4.79 Å². The maximum absolute atomic E-state index is 12.6. The largest absolute Gasteiger partial charge is 0.449 e. The molecule has 3 aromatic rings. The lowest BCUT2D eigenvalue weighted by molar-refractivity contribution is -0.145. The number of rotatable bonds is 9. The molecule has 150 valence electrons. The fraction of sp³-hybridized carbons (Fsp3) is 0.346. The minimum absolute atomic E-state index is 0.211. The zero-order valence-electron chi connectivity index (χ0n) is 17.4. The first-order valence-corrected chi connectivity index (χ1v) is 10.4. The highest BCUT2D eigenvalue weighted by Gasteiger charge is 2.16. The lowest BCUT2D eigenvalue weighted by Crippen LogP contribution is -2.18. The highest BCUT2D eigenvalue weighted by Crippen LogP contribution is 2.23. The van der Waals surface area contributed by atoms with E-state index in [1.54, 1.807) is 6.92 Å². The Hall–Kier alpha value is -2.99. The predicted octanol–water partition coefficient (Wildman–Crippen LogP) is 5.75. The lowest BCUT2D eigenvalue weighted by atomic mass is 10.1. The monoisotopic (exact) mass is 387 g/mol. The van der Waals surface area contributed by atoms with Crippen molar-refractivity contribution >= 4 is 16.9 Å². The highest BCUT2D eigenvalue weighted by atomic mass is 16.5. The summed E-state index contributed by atoms with van der Waals surface area (Å²) in [5, 5.41) is 1.10. The zero-order valence-corrected chi connectivity index (χ0v) is 17.4. The topological polar surface area (TPSA) is 31.2 Å². The SMILES string of the molecule is CC#CC(CCCCC)OC(=O)Cc1cn(Cc2ccccc2)c2ccccc12. The van der Waals surface area contributed by atoms with Crippen LogP contribution in [0.15, 0.2) is 60.8 Å². The zero-order chi connectivity index (χ0) is 20.5. The maximum atomic E-state index is 12.6. The number of esters is 1. The van der Waals surface area contributed by atoms with Crippen molar-refractivity contribution in [2.24, 2.45) is 0 Å². The molecule has 0 saturated carbocycles. The predicted molar refractivity (Wildman–Crippen MR) is 119 cm³/mol. The molecule has 0 fully saturated rings. The van der Waals surface area contributed by atoms with E-state index >= 15 is 0 Å². The third kappa shape index (κ3) is 5.74. The number of hydrogen-bond acceptors (Lipinski definition) is 2. The number of ether oxygens (including phenoxy) is 1. The summed E-state index contributed by atoms with van der Waals surface area (Å²) < 4.78 is 7.90. The molecular weight excluding hydrogens is 358 g/mol. The summed E-state index contributed by atoms with van der Waals surface area (Å²) in [6.07, 6.45) is 6.13. The van der Waals surface area contributed by atoms with Gasteiger partial charge in [-0.05, 0) is 37.0 Å². The molecule has 0 N–H and O–H groups in total. The van der Waals surface area contributed by atoms with Crippen molar-refractivity contribution in [1.29, 1.82) is 0 Å². The summed E-state index contributed by atoms with van der Waals surface area (Å²) in [7, 11) is 0. The van der Waals surface area contributed by atoms with Crippen LogP contribution in [-0.2, 0) is 22.5 Å². The van der Waals surface area contributed by atoms with Crippen LogP contribution < -0.4 is 0 Å². The van der Waals surface area contributed by atoms with Gasteiger partial charge in [0.25, 0.3) is 0 Å². The molecule has 1 heterocycles. The van der Waals surface area contributed by atoms with Gasteiger partial charge in [0.2, 0.25) is 0 Å². The first-order chi connectivity index (χ1) is 14.2. The van der Waals surface area contributed by atoms with Gasteiger partial charge in [0.15, 0.2) is 6.10 Å². The van der Waals surface area contributed by atoms with Crippen molar-refractivity contribution in [2.45, 2.75) is 58.6 Å². The second-order valence-corrected chi connectivity index (χ2v) is 7.33. The van der Waals surface area contributed by atoms with E-state index < -0.39 is 0 Å². The first-order valence-electron chi connectivity index (χ1n) is 10.4. The number of benzene rings is 2.